The van der Waals surface area contributed by atoms with Crippen LogP contribution >= 0.6 is 51.0 Å². The fraction of sp³-hybridized carbons (Fsp3) is 0.417. The highest BCUT2D eigenvalue weighted by molar-refractivity contribution is 9.11. The van der Waals surface area contributed by atoms with E-state index in [1.54, 1.807) is 29.8 Å². The zero-order chi connectivity index (χ0) is 13.7. The maximum Gasteiger partial charge on any atom is 0.180 e. The molecule has 0 aliphatic rings. The normalized spacial score (nSPS) is 10.8. The van der Waals surface area contributed by atoms with Crippen molar-refractivity contribution in [1.29, 1.82) is 0 Å². The van der Waals surface area contributed by atoms with Crippen LogP contribution in [0.3, 0.4) is 0 Å². The Labute approximate surface area is 141 Å². The highest BCUT2D eigenvalue weighted by Crippen LogP contribution is 2.24. The second-order valence-electron chi connectivity index (χ2n) is 4.07. The maximum atomic E-state index is 5.67. The number of rotatable bonds is 7. The Kier molecular flexibility index (Phi) is 8.01. The van der Waals surface area contributed by atoms with Crippen LogP contribution in [0.5, 0.6) is 0 Å². The Morgan fingerprint density at radius 2 is 2.05 bits per heavy atom. The van der Waals surface area contributed by atoms with Gasteiger partial charge in [0.05, 0.1) is 10.4 Å². The number of ether oxygens (including phenoxy) is 1. The molecule has 2 heterocycles. The SMILES string of the molecule is COCCN(Cc1ccc(Br)s1)Cc1cnc(N)s1.Cl. The van der Waals surface area contributed by atoms with E-state index in [0.717, 1.165) is 30.0 Å². The van der Waals surface area contributed by atoms with Crippen molar-refractivity contribution in [3.05, 3.63) is 31.9 Å². The Balaban J connectivity index is 0.00000200. The standard InChI is InChI=1S/C12H16BrN3OS2.ClH/c1-17-5-4-16(7-9-2-3-11(13)18-9)8-10-6-15-12(14)19-10;/h2-3,6H,4-5,7-8H2,1H3,(H2,14,15);1H. The predicted molar refractivity (Wildman–Crippen MR) is 91.8 cm³/mol. The van der Waals surface area contributed by atoms with Crippen LogP contribution in [-0.4, -0.2) is 30.1 Å². The molecule has 2 aromatic heterocycles. The van der Waals surface area contributed by atoms with Gasteiger partial charge in [0.2, 0.25) is 0 Å². The fourth-order valence-electron chi connectivity index (χ4n) is 1.71. The van der Waals surface area contributed by atoms with Crippen molar-refractivity contribution in [1.82, 2.24) is 9.88 Å². The van der Waals surface area contributed by atoms with E-state index < -0.39 is 0 Å². The largest absolute Gasteiger partial charge is 0.383 e. The average Bonchev–Trinajstić information content (AvgIpc) is 2.95. The van der Waals surface area contributed by atoms with Crippen molar-refractivity contribution in [2.75, 3.05) is 26.0 Å². The summed E-state index contributed by atoms with van der Waals surface area (Å²) in [6, 6.07) is 4.23. The molecule has 0 radical (unpaired) electrons. The van der Waals surface area contributed by atoms with Crippen molar-refractivity contribution in [3.63, 3.8) is 0 Å². The summed E-state index contributed by atoms with van der Waals surface area (Å²) in [6.45, 7) is 3.38. The number of methoxy groups -OCH3 is 1. The molecular weight excluding hydrogens is 382 g/mol. The van der Waals surface area contributed by atoms with Gasteiger partial charge in [0.15, 0.2) is 5.13 Å². The molecule has 0 bridgehead atoms. The first-order chi connectivity index (χ1) is 9.17. The van der Waals surface area contributed by atoms with E-state index in [1.807, 2.05) is 6.20 Å². The Morgan fingerprint density at radius 3 is 2.60 bits per heavy atom. The van der Waals surface area contributed by atoms with Crippen LogP contribution in [0.15, 0.2) is 22.1 Å². The van der Waals surface area contributed by atoms with Crippen LogP contribution in [0.1, 0.15) is 9.75 Å². The molecule has 20 heavy (non-hydrogen) atoms. The van der Waals surface area contributed by atoms with E-state index >= 15 is 0 Å². The van der Waals surface area contributed by atoms with Gasteiger partial charge in [-0.15, -0.1) is 35.1 Å². The van der Waals surface area contributed by atoms with Crippen LogP contribution in [0.2, 0.25) is 0 Å². The first-order valence-electron chi connectivity index (χ1n) is 5.83. The second kappa shape index (κ2) is 8.96. The summed E-state index contributed by atoms with van der Waals surface area (Å²) in [7, 11) is 1.73. The van der Waals surface area contributed by atoms with E-state index in [2.05, 4.69) is 37.9 Å². The number of hydrogen-bond donors (Lipinski definition) is 1. The van der Waals surface area contributed by atoms with E-state index in [-0.39, 0.29) is 12.4 Å². The van der Waals surface area contributed by atoms with Gasteiger partial charge in [0, 0.05) is 42.7 Å². The van der Waals surface area contributed by atoms with Crippen LogP contribution in [-0.2, 0) is 17.8 Å². The second-order valence-corrected chi connectivity index (χ2v) is 7.77. The van der Waals surface area contributed by atoms with Crippen LogP contribution in [0, 0.1) is 0 Å². The Bertz CT molecular complexity index is 478. The molecule has 0 atom stereocenters. The molecule has 0 fully saturated rings. The minimum Gasteiger partial charge on any atom is -0.383 e. The number of nitrogen functional groups attached to an aromatic ring is 1. The van der Waals surface area contributed by atoms with Crippen molar-refractivity contribution < 1.29 is 4.74 Å². The molecule has 2 N–H and O–H groups in total. The maximum absolute atomic E-state index is 5.67. The lowest BCUT2D eigenvalue weighted by atomic mass is 10.4. The number of halogens is 2. The highest BCUT2D eigenvalue weighted by atomic mass is 79.9. The third kappa shape index (κ3) is 5.67. The third-order valence-corrected chi connectivity index (χ3v) is 4.99. The molecule has 8 heteroatoms. The fourth-order valence-corrected chi connectivity index (χ4v) is 3.96. The molecule has 2 rings (SSSR count). The molecule has 0 aliphatic carbocycles. The summed E-state index contributed by atoms with van der Waals surface area (Å²) in [4.78, 5) is 8.95. The van der Waals surface area contributed by atoms with Gasteiger partial charge in [0.25, 0.3) is 0 Å². The average molecular weight is 399 g/mol. The molecule has 4 nitrogen and oxygen atoms in total. The van der Waals surface area contributed by atoms with Gasteiger partial charge in [-0.05, 0) is 28.1 Å². The summed E-state index contributed by atoms with van der Waals surface area (Å²) in [5, 5.41) is 0.626. The first kappa shape index (κ1) is 17.9. The van der Waals surface area contributed by atoms with Gasteiger partial charge in [0.1, 0.15) is 0 Å². The number of hydrogen-bond acceptors (Lipinski definition) is 6. The third-order valence-electron chi connectivity index (χ3n) is 2.57. The van der Waals surface area contributed by atoms with Gasteiger partial charge < -0.3 is 10.5 Å². The van der Waals surface area contributed by atoms with Crippen LogP contribution in [0.25, 0.3) is 0 Å². The van der Waals surface area contributed by atoms with E-state index in [0.29, 0.717) is 5.13 Å². The Morgan fingerprint density at radius 1 is 1.30 bits per heavy atom. The Hall–Kier alpha value is -0.180. The van der Waals surface area contributed by atoms with Gasteiger partial charge in [-0.3, -0.25) is 4.90 Å². The number of thiazole rings is 1. The number of aromatic nitrogens is 1. The zero-order valence-electron chi connectivity index (χ0n) is 11.0. The van der Waals surface area contributed by atoms with Crippen LogP contribution in [0.4, 0.5) is 5.13 Å². The molecule has 0 saturated heterocycles. The van der Waals surface area contributed by atoms with Crippen molar-refractivity contribution in [3.8, 4) is 0 Å². The molecule has 0 aromatic carbocycles. The zero-order valence-corrected chi connectivity index (χ0v) is 15.1. The highest BCUT2D eigenvalue weighted by Gasteiger charge is 2.10. The molecule has 0 saturated carbocycles. The van der Waals surface area contributed by atoms with Crippen molar-refractivity contribution in [2.24, 2.45) is 0 Å². The number of thiophene rings is 1. The molecule has 112 valence electrons. The topological polar surface area (TPSA) is 51.4 Å². The number of nitrogens with zero attached hydrogens (tertiary/aromatic N) is 2. The van der Waals surface area contributed by atoms with Crippen molar-refractivity contribution >= 4 is 56.1 Å². The molecule has 0 spiro atoms. The van der Waals surface area contributed by atoms with E-state index in [9.17, 15) is 0 Å². The summed E-state index contributed by atoms with van der Waals surface area (Å²) in [5.74, 6) is 0. The summed E-state index contributed by atoms with van der Waals surface area (Å²) in [6.07, 6.45) is 1.85. The van der Waals surface area contributed by atoms with Crippen LogP contribution < -0.4 is 5.73 Å². The first-order valence-corrected chi connectivity index (χ1v) is 8.25. The molecule has 0 aliphatic heterocycles. The minimum atomic E-state index is 0. The van der Waals surface area contributed by atoms with Gasteiger partial charge in [-0.25, -0.2) is 4.98 Å². The molecule has 0 unspecified atom stereocenters. The van der Waals surface area contributed by atoms with Gasteiger partial charge in [-0.1, -0.05) is 0 Å². The minimum absolute atomic E-state index is 0. The monoisotopic (exact) mass is 397 g/mol. The van der Waals surface area contributed by atoms with E-state index in [1.165, 1.54) is 9.75 Å². The van der Waals surface area contributed by atoms with E-state index in [4.69, 9.17) is 10.5 Å². The summed E-state index contributed by atoms with van der Waals surface area (Å²) in [5.41, 5.74) is 5.67. The molecule has 0 amide bonds. The lowest BCUT2D eigenvalue weighted by molar-refractivity contribution is 0.141. The number of nitrogens with two attached hydrogens (primary N) is 1. The van der Waals surface area contributed by atoms with Crippen molar-refractivity contribution in [2.45, 2.75) is 13.1 Å². The lowest BCUT2D eigenvalue weighted by Crippen LogP contribution is -2.25. The molecule has 2 aromatic rings. The van der Waals surface area contributed by atoms with Gasteiger partial charge in [-0.2, -0.15) is 0 Å². The summed E-state index contributed by atoms with van der Waals surface area (Å²) < 4.78 is 6.34. The number of anilines is 1. The van der Waals surface area contributed by atoms with Gasteiger partial charge >= 0.3 is 0 Å². The quantitative estimate of drug-likeness (QED) is 0.774. The predicted octanol–water partition coefficient (Wildman–Crippen LogP) is 3.62. The lowest BCUT2D eigenvalue weighted by Gasteiger charge is -2.20. The summed E-state index contributed by atoms with van der Waals surface area (Å²) >= 11 is 6.80. The smallest absolute Gasteiger partial charge is 0.180 e. The molecular formula is C12H17BrClN3OS2.